The highest BCUT2D eigenvalue weighted by atomic mass is 16.5. The largest absolute Gasteiger partial charge is 0.494 e. The normalized spacial score (nSPS) is 15.8. The summed E-state index contributed by atoms with van der Waals surface area (Å²) in [4.78, 5) is 17.0. The van der Waals surface area contributed by atoms with Gasteiger partial charge in [-0.15, -0.1) is 16.6 Å². The van der Waals surface area contributed by atoms with Gasteiger partial charge in [0.15, 0.2) is 23.1 Å². The molecule has 11 nitrogen and oxygen atoms in total. The zero-order valence-electron chi connectivity index (χ0n) is 20.3. The predicted octanol–water partition coefficient (Wildman–Crippen LogP) is 1.20. The molecule has 0 saturated carbocycles. The molecular formula is C21H22N8O3. The number of carbonyl (C=O) groups is 1. The second kappa shape index (κ2) is 8.52. The van der Waals surface area contributed by atoms with Crippen LogP contribution >= 0.6 is 0 Å². The number of amides is 1. The monoisotopic (exact) mass is 437 g/mol. The minimum absolute atomic E-state index is 0.168. The first-order chi connectivity index (χ1) is 16.6. The van der Waals surface area contributed by atoms with E-state index in [0.717, 1.165) is 0 Å². The Morgan fingerprint density at radius 1 is 1.38 bits per heavy atom. The van der Waals surface area contributed by atoms with Gasteiger partial charge < -0.3 is 25.4 Å². The average Bonchev–Trinajstić information content (AvgIpc) is 3.21. The summed E-state index contributed by atoms with van der Waals surface area (Å²) >= 11 is 0. The molecule has 0 unspecified atom stereocenters. The Bertz CT molecular complexity index is 1300. The van der Waals surface area contributed by atoms with Crippen LogP contribution in [0.15, 0.2) is 30.6 Å². The van der Waals surface area contributed by atoms with E-state index < -0.39 is 18.4 Å². The SMILES string of the molecule is [2H]C([2H])([2H])NC(=O)c1nnc(NC2(C#C)COC2)cc1Nc1cccc(-c2ncn(C)n2)c1OC. The lowest BCUT2D eigenvalue weighted by atomic mass is 9.99. The Morgan fingerprint density at radius 2 is 2.22 bits per heavy atom. The Kier molecular flexibility index (Phi) is 4.66. The van der Waals surface area contributed by atoms with E-state index in [1.54, 1.807) is 36.3 Å². The lowest BCUT2D eigenvalue weighted by molar-refractivity contribution is -0.0124. The summed E-state index contributed by atoms with van der Waals surface area (Å²) in [6.07, 6.45) is 7.18. The molecule has 0 aliphatic carbocycles. The lowest BCUT2D eigenvalue weighted by Crippen LogP contribution is -2.54. The number of aromatic nitrogens is 5. The van der Waals surface area contributed by atoms with Crippen LogP contribution in [0.1, 0.15) is 14.6 Å². The number of terminal acetylenes is 1. The zero-order valence-corrected chi connectivity index (χ0v) is 17.3. The smallest absolute Gasteiger partial charge is 0.273 e. The van der Waals surface area contributed by atoms with Gasteiger partial charge in [0.2, 0.25) is 0 Å². The van der Waals surface area contributed by atoms with Crippen LogP contribution in [0.4, 0.5) is 17.2 Å². The molecule has 1 amide bonds. The van der Waals surface area contributed by atoms with Crippen LogP contribution in [-0.4, -0.2) is 63.7 Å². The molecule has 1 aliphatic heterocycles. The minimum Gasteiger partial charge on any atom is -0.494 e. The third kappa shape index (κ3) is 3.91. The maximum absolute atomic E-state index is 12.7. The van der Waals surface area contributed by atoms with E-state index in [2.05, 4.69) is 36.8 Å². The van der Waals surface area contributed by atoms with E-state index in [9.17, 15) is 4.79 Å². The Morgan fingerprint density at radius 3 is 2.84 bits per heavy atom. The molecule has 0 bridgehead atoms. The van der Waals surface area contributed by atoms with E-state index in [1.807, 2.05) is 5.32 Å². The van der Waals surface area contributed by atoms with Crippen LogP contribution in [0.3, 0.4) is 0 Å². The fraction of sp³-hybridized carbons (Fsp3) is 0.286. The molecule has 0 spiro atoms. The fourth-order valence-corrected chi connectivity index (χ4v) is 3.16. The van der Waals surface area contributed by atoms with E-state index in [0.29, 0.717) is 22.8 Å². The van der Waals surface area contributed by atoms with Crippen molar-refractivity contribution in [3.05, 3.63) is 36.3 Å². The molecule has 0 atom stereocenters. The van der Waals surface area contributed by atoms with Gasteiger partial charge in [-0.2, -0.15) is 5.10 Å². The summed E-state index contributed by atoms with van der Waals surface area (Å²) in [5.41, 5.74) is 0.232. The van der Waals surface area contributed by atoms with Crippen molar-refractivity contribution in [1.29, 1.82) is 0 Å². The number of para-hydroxylation sites is 1. The van der Waals surface area contributed by atoms with Crippen molar-refractivity contribution in [3.8, 4) is 29.5 Å². The van der Waals surface area contributed by atoms with Gasteiger partial charge in [0.05, 0.1) is 37.3 Å². The van der Waals surface area contributed by atoms with Crippen molar-refractivity contribution in [1.82, 2.24) is 30.3 Å². The third-order valence-corrected chi connectivity index (χ3v) is 4.79. The van der Waals surface area contributed by atoms with Gasteiger partial charge in [-0.05, 0) is 12.1 Å². The lowest BCUT2D eigenvalue weighted by Gasteiger charge is -2.37. The predicted molar refractivity (Wildman–Crippen MR) is 118 cm³/mol. The second-order valence-electron chi connectivity index (χ2n) is 7.04. The summed E-state index contributed by atoms with van der Waals surface area (Å²) in [5.74, 6) is 2.80. The van der Waals surface area contributed by atoms with E-state index in [1.165, 1.54) is 13.2 Å². The number of nitrogens with one attached hydrogen (secondary N) is 3. The molecule has 1 aromatic carbocycles. The molecule has 2 aromatic heterocycles. The zero-order chi connectivity index (χ0) is 25.2. The van der Waals surface area contributed by atoms with Crippen molar-refractivity contribution in [2.24, 2.45) is 7.05 Å². The van der Waals surface area contributed by atoms with Crippen LogP contribution in [0, 0.1) is 12.3 Å². The summed E-state index contributed by atoms with van der Waals surface area (Å²) in [5, 5.41) is 20.4. The molecule has 11 heteroatoms. The Hall–Kier alpha value is -4.17. The number of rotatable bonds is 7. The molecule has 164 valence electrons. The maximum Gasteiger partial charge on any atom is 0.273 e. The summed E-state index contributed by atoms with van der Waals surface area (Å²) in [6.45, 7) is -2.16. The van der Waals surface area contributed by atoms with Gasteiger partial charge in [0.1, 0.15) is 11.9 Å². The molecule has 1 saturated heterocycles. The molecule has 3 N–H and O–H groups in total. The Labute approximate surface area is 188 Å². The molecule has 1 aliphatic rings. The van der Waals surface area contributed by atoms with Crippen molar-refractivity contribution in [2.45, 2.75) is 5.54 Å². The first-order valence-corrected chi connectivity index (χ1v) is 9.47. The van der Waals surface area contributed by atoms with Crippen molar-refractivity contribution in [3.63, 3.8) is 0 Å². The summed E-state index contributed by atoms with van der Waals surface area (Å²) in [7, 11) is 3.23. The topological polar surface area (TPSA) is 128 Å². The van der Waals surface area contributed by atoms with E-state index in [-0.39, 0.29) is 30.4 Å². The fourth-order valence-electron chi connectivity index (χ4n) is 3.16. The van der Waals surface area contributed by atoms with Crippen LogP contribution in [0.2, 0.25) is 0 Å². The molecule has 3 heterocycles. The standard InChI is InChI=1S/C21H22N8O3/c1-5-21(10-32-11-21)25-16-9-15(17(27-26-16)20(30)22-2)24-14-8-6-7-13(18(14)31-4)19-23-12-29(3)28-19/h1,6-9,12H,10-11H2,2-4H3,(H,22,30)(H2,24,25,26)/i2D3. The molecule has 0 radical (unpaired) electrons. The number of benzene rings is 1. The first-order valence-electron chi connectivity index (χ1n) is 11.0. The number of aryl methyl sites for hydroxylation is 1. The van der Waals surface area contributed by atoms with Gasteiger partial charge in [0.25, 0.3) is 5.91 Å². The number of nitrogens with zero attached hydrogens (tertiary/aromatic N) is 5. The number of carbonyl (C=O) groups excluding carboxylic acids is 1. The van der Waals surface area contributed by atoms with Crippen LogP contribution < -0.4 is 20.7 Å². The molecule has 32 heavy (non-hydrogen) atoms. The first kappa shape index (κ1) is 17.5. The third-order valence-electron chi connectivity index (χ3n) is 4.79. The maximum atomic E-state index is 12.7. The van der Waals surface area contributed by atoms with Crippen LogP contribution in [-0.2, 0) is 11.8 Å². The van der Waals surface area contributed by atoms with Crippen molar-refractivity contribution < 1.29 is 18.4 Å². The van der Waals surface area contributed by atoms with E-state index >= 15 is 0 Å². The van der Waals surface area contributed by atoms with Crippen LogP contribution in [0.5, 0.6) is 5.75 Å². The average molecular weight is 437 g/mol. The van der Waals surface area contributed by atoms with Gasteiger partial charge in [-0.1, -0.05) is 12.0 Å². The van der Waals surface area contributed by atoms with Gasteiger partial charge in [-0.25, -0.2) is 4.98 Å². The minimum atomic E-state index is -2.72. The number of ether oxygens (including phenoxy) is 2. The molecule has 1 fully saturated rings. The highest BCUT2D eigenvalue weighted by molar-refractivity contribution is 5.98. The van der Waals surface area contributed by atoms with Crippen molar-refractivity contribution >= 4 is 23.1 Å². The number of methoxy groups -OCH3 is 1. The summed E-state index contributed by atoms with van der Waals surface area (Å²) < 4.78 is 34.5. The highest BCUT2D eigenvalue weighted by Crippen LogP contribution is 2.37. The van der Waals surface area contributed by atoms with Crippen LogP contribution in [0.25, 0.3) is 11.4 Å². The van der Waals surface area contributed by atoms with Gasteiger partial charge in [-0.3, -0.25) is 9.48 Å². The molecule has 3 aromatic rings. The van der Waals surface area contributed by atoms with Gasteiger partial charge in [0, 0.05) is 24.2 Å². The number of hydrogen-bond acceptors (Lipinski definition) is 9. The van der Waals surface area contributed by atoms with Crippen molar-refractivity contribution in [2.75, 3.05) is 37.9 Å². The van der Waals surface area contributed by atoms with E-state index in [4.69, 9.17) is 20.0 Å². The number of hydrogen-bond donors (Lipinski definition) is 3. The second-order valence-corrected chi connectivity index (χ2v) is 7.04. The van der Waals surface area contributed by atoms with Gasteiger partial charge >= 0.3 is 0 Å². The Balaban J connectivity index is 1.74. The quantitative estimate of drug-likeness (QED) is 0.467. The molecular weight excluding hydrogens is 412 g/mol. The molecule has 4 rings (SSSR count). The highest BCUT2D eigenvalue weighted by Gasteiger charge is 2.37. The summed E-state index contributed by atoms with van der Waals surface area (Å²) in [6, 6.07) is 6.76. The number of anilines is 3.